The quantitative estimate of drug-likeness (QED) is 0.502. The highest BCUT2D eigenvalue weighted by Gasteiger charge is 2.05. The van der Waals surface area contributed by atoms with Crippen LogP contribution < -0.4 is 10.1 Å². The molecule has 0 saturated carbocycles. The van der Waals surface area contributed by atoms with Gasteiger partial charge in [-0.2, -0.15) is 0 Å². The molecule has 0 spiro atoms. The fourth-order valence-corrected chi connectivity index (χ4v) is 1.84. The van der Waals surface area contributed by atoms with Gasteiger partial charge in [0, 0.05) is 13.2 Å². The molecular weight excluding hydrogens is 270 g/mol. The summed E-state index contributed by atoms with van der Waals surface area (Å²) in [7, 11) is 0. The number of hydrogen-bond acceptors (Lipinski definition) is 5. The molecule has 3 N–H and O–H groups in total. The average Bonchev–Trinajstić information content (AvgIpc) is 2.52. The van der Waals surface area contributed by atoms with Crippen molar-refractivity contribution in [2.75, 3.05) is 39.5 Å². The Labute approximate surface area is 126 Å². The summed E-state index contributed by atoms with van der Waals surface area (Å²) in [6, 6.07) is 7.92. The predicted octanol–water partition coefficient (Wildman–Crippen LogP) is 0.977. The number of ether oxygens (including phenoxy) is 2. The van der Waals surface area contributed by atoms with Crippen LogP contribution in [-0.4, -0.2) is 55.8 Å². The number of aryl methyl sites for hydroxylation is 1. The highest BCUT2D eigenvalue weighted by atomic mass is 16.5. The van der Waals surface area contributed by atoms with Crippen LogP contribution in [0.5, 0.6) is 5.75 Å². The highest BCUT2D eigenvalue weighted by Crippen LogP contribution is 2.13. The molecule has 0 heterocycles. The molecule has 0 aromatic heterocycles. The lowest BCUT2D eigenvalue weighted by Crippen LogP contribution is -2.32. The van der Waals surface area contributed by atoms with E-state index in [0.717, 1.165) is 25.1 Å². The van der Waals surface area contributed by atoms with Crippen molar-refractivity contribution in [3.8, 4) is 5.75 Å². The second-order valence-electron chi connectivity index (χ2n) is 4.86. The van der Waals surface area contributed by atoms with E-state index in [1.807, 2.05) is 18.2 Å². The van der Waals surface area contributed by atoms with Crippen LogP contribution in [-0.2, 0) is 11.2 Å². The number of hydrogen-bond donors (Lipinski definition) is 3. The summed E-state index contributed by atoms with van der Waals surface area (Å²) >= 11 is 0. The Balaban J connectivity index is 2.06. The second-order valence-corrected chi connectivity index (χ2v) is 4.86. The van der Waals surface area contributed by atoms with Gasteiger partial charge >= 0.3 is 0 Å². The maximum Gasteiger partial charge on any atom is 0.119 e. The third kappa shape index (κ3) is 8.67. The van der Waals surface area contributed by atoms with Gasteiger partial charge in [0.1, 0.15) is 18.5 Å². The van der Waals surface area contributed by atoms with E-state index < -0.39 is 6.10 Å². The van der Waals surface area contributed by atoms with Gasteiger partial charge in [0.2, 0.25) is 0 Å². The number of aliphatic hydroxyl groups is 2. The topological polar surface area (TPSA) is 71.0 Å². The first-order chi connectivity index (χ1) is 10.3. The van der Waals surface area contributed by atoms with Gasteiger partial charge in [-0.1, -0.05) is 19.1 Å². The number of benzene rings is 1. The van der Waals surface area contributed by atoms with Gasteiger partial charge in [0.25, 0.3) is 0 Å². The van der Waals surface area contributed by atoms with E-state index in [-0.39, 0.29) is 13.2 Å². The highest BCUT2D eigenvalue weighted by molar-refractivity contribution is 5.28. The summed E-state index contributed by atoms with van der Waals surface area (Å²) in [6.07, 6.45) is 1.29. The van der Waals surface area contributed by atoms with E-state index >= 15 is 0 Å². The van der Waals surface area contributed by atoms with Crippen molar-refractivity contribution in [3.63, 3.8) is 0 Å². The van der Waals surface area contributed by atoms with Crippen LogP contribution in [0.1, 0.15) is 18.9 Å². The van der Waals surface area contributed by atoms with Crippen LogP contribution in [0.4, 0.5) is 0 Å². The monoisotopic (exact) mass is 297 g/mol. The minimum absolute atomic E-state index is 0.0582. The zero-order chi connectivity index (χ0) is 15.3. The van der Waals surface area contributed by atoms with Crippen LogP contribution >= 0.6 is 0 Å². The summed E-state index contributed by atoms with van der Waals surface area (Å²) in [4.78, 5) is 0. The smallest absolute Gasteiger partial charge is 0.119 e. The van der Waals surface area contributed by atoms with E-state index in [1.165, 1.54) is 5.56 Å². The van der Waals surface area contributed by atoms with E-state index in [2.05, 4.69) is 18.3 Å². The average molecular weight is 297 g/mol. The van der Waals surface area contributed by atoms with Crippen LogP contribution in [0.3, 0.4) is 0 Å². The van der Waals surface area contributed by atoms with Crippen LogP contribution in [0.2, 0.25) is 0 Å². The van der Waals surface area contributed by atoms with Gasteiger partial charge in [0.05, 0.1) is 13.2 Å². The molecule has 0 aliphatic carbocycles. The van der Waals surface area contributed by atoms with Crippen molar-refractivity contribution in [3.05, 3.63) is 29.8 Å². The van der Waals surface area contributed by atoms with Crippen molar-refractivity contribution < 1.29 is 19.7 Å². The second kappa shape index (κ2) is 11.5. The van der Waals surface area contributed by atoms with Crippen molar-refractivity contribution in [2.45, 2.75) is 25.9 Å². The molecule has 1 aromatic carbocycles. The third-order valence-electron chi connectivity index (χ3n) is 3.01. The lowest BCUT2D eigenvalue weighted by Gasteiger charge is -2.13. The van der Waals surface area contributed by atoms with Gasteiger partial charge in [-0.25, -0.2) is 0 Å². The van der Waals surface area contributed by atoms with Crippen LogP contribution in [0.25, 0.3) is 0 Å². The summed E-state index contributed by atoms with van der Waals surface area (Å²) in [6.45, 7) is 4.70. The van der Waals surface area contributed by atoms with Crippen molar-refractivity contribution in [2.24, 2.45) is 0 Å². The molecule has 0 amide bonds. The molecule has 5 nitrogen and oxygen atoms in total. The van der Waals surface area contributed by atoms with Gasteiger partial charge in [0.15, 0.2) is 0 Å². The molecule has 0 aliphatic rings. The molecule has 1 unspecified atom stereocenters. The Morgan fingerprint density at radius 3 is 2.90 bits per heavy atom. The van der Waals surface area contributed by atoms with E-state index in [9.17, 15) is 5.11 Å². The number of rotatable bonds is 12. The summed E-state index contributed by atoms with van der Waals surface area (Å²) < 4.78 is 10.7. The fraction of sp³-hybridized carbons (Fsp3) is 0.625. The maximum absolute atomic E-state index is 9.83. The molecular formula is C16H27NO4. The fourth-order valence-electron chi connectivity index (χ4n) is 1.84. The Morgan fingerprint density at radius 2 is 2.14 bits per heavy atom. The zero-order valence-electron chi connectivity index (χ0n) is 12.8. The summed E-state index contributed by atoms with van der Waals surface area (Å²) in [5.41, 5.74) is 1.22. The third-order valence-corrected chi connectivity index (χ3v) is 3.01. The molecule has 0 saturated heterocycles. The standard InChI is InChI=1S/C16H27NO4/c1-2-14-5-3-6-16(11-14)21-13-15(19)12-17-7-4-9-20-10-8-18/h3,5-6,11,15,17-19H,2,4,7-10,12-13H2,1H3. The largest absolute Gasteiger partial charge is 0.491 e. The minimum atomic E-state index is -0.534. The molecule has 120 valence electrons. The summed E-state index contributed by atoms with van der Waals surface area (Å²) in [5.74, 6) is 0.797. The molecule has 0 aliphatic heterocycles. The Morgan fingerprint density at radius 1 is 1.29 bits per heavy atom. The van der Waals surface area contributed by atoms with Gasteiger partial charge in [-0.05, 0) is 37.1 Å². The zero-order valence-corrected chi connectivity index (χ0v) is 12.8. The van der Waals surface area contributed by atoms with Crippen molar-refractivity contribution >= 4 is 0 Å². The Hall–Kier alpha value is -1.14. The lowest BCUT2D eigenvalue weighted by atomic mass is 10.2. The number of nitrogens with one attached hydrogen (secondary N) is 1. The first-order valence-electron chi connectivity index (χ1n) is 7.55. The molecule has 0 fully saturated rings. The van der Waals surface area contributed by atoms with Crippen LogP contribution in [0, 0.1) is 0 Å². The molecule has 0 bridgehead atoms. The lowest BCUT2D eigenvalue weighted by molar-refractivity contribution is 0.0875. The van der Waals surface area contributed by atoms with Crippen molar-refractivity contribution in [1.29, 1.82) is 0 Å². The van der Waals surface area contributed by atoms with Crippen LogP contribution in [0.15, 0.2) is 24.3 Å². The molecule has 5 heteroatoms. The van der Waals surface area contributed by atoms with Gasteiger partial charge in [-0.3, -0.25) is 0 Å². The van der Waals surface area contributed by atoms with Crippen molar-refractivity contribution in [1.82, 2.24) is 5.32 Å². The minimum Gasteiger partial charge on any atom is -0.491 e. The van der Waals surface area contributed by atoms with E-state index in [4.69, 9.17) is 14.6 Å². The SMILES string of the molecule is CCc1cccc(OCC(O)CNCCCOCCO)c1. The molecule has 21 heavy (non-hydrogen) atoms. The normalized spacial score (nSPS) is 12.3. The summed E-state index contributed by atoms with van der Waals surface area (Å²) in [5, 5.41) is 21.5. The van der Waals surface area contributed by atoms with Gasteiger partial charge in [-0.15, -0.1) is 0 Å². The molecule has 0 radical (unpaired) electrons. The first kappa shape index (κ1) is 17.9. The number of aliphatic hydroxyl groups excluding tert-OH is 2. The first-order valence-corrected chi connectivity index (χ1v) is 7.55. The Bertz CT molecular complexity index is 373. The molecule has 1 atom stereocenters. The maximum atomic E-state index is 9.83. The van der Waals surface area contributed by atoms with E-state index in [0.29, 0.717) is 19.8 Å². The van der Waals surface area contributed by atoms with Gasteiger partial charge < -0.3 is 25.0 Å². The molecule has 1 aromatic rings. The van der Waals surface area contributed by atoms with E-state index in [1.54, 1.807) is 0 Å². The Kier molecular flexibility index (Phi) is 9.82. The predicted molar refractivity (Wildman–Crippen MR) is 82.7 cm³/mol. The molecule has 1 rings (SSSR count).